The first-order valence-electron chi connectivity index (χ1n) is 7.97. The first kappa shape index (κ1) is 19.8. The zero-order valence-electron chi connectivity index (χ0n) is 14.2. The Morgan fingerprint density at radius 2 is 1.83 bits per heavy atom. The third-order valence-corrected chi connectivity index (χ3v) is 3.72. The Balaban J connectivity index is 0.000000277. The minimum absolute atomic E-state index is 0.0122. The van der Waals surface area contributed by atoms with E-state index in [1.54, 1.807) is 32.9 Å². The highest BCUT2D eigenvalue weighted by molar-refractivity contribution is 5.84. The van der Waals surface area contributed by atoms with E-state index in [2.05, 4.69) is 0 Å². The number of aliphatic hydroxyl groups excluding tert-OH is 2. The maximum Gasteiger partial charge on any atom is 0.330 e. The molecule has 0 amide bonds. The Morgan fingerprint density at radius 1 is 1.22 bits per heavy atom. The van der Waals surface area contributed by atoms with Crippen molar-refractivity contribution in [2.45, 2.75) is 50.8 Å². The van der Waals surface area contributed by atoms with Crippen LogP contribution in [-0.4, -0.2) is 46.6 Å². The van der Waals surface area contributed by atoms with Gasteiger partial charge in [-0.25, -0.2) is 4.79 Å². The first-order chi connectivity index (χ1) is 10.6. The van der Waals surface area contributed by atoms with Gasteiger partial charge in [-0.2, -0.15) is 0 Å². The Kier molecular flexibility index (Phi) is 6.95. The Morgan fingerprint density at radius 3 is 2.17 bits per heavy atom. The van der Waals surface area contributed by atoms with Crippen LogP contribution >= 0.6 is 0 Å². The van der Waals surface area contributed by atoms with Crippen LogP contribution in [0.3, 0.4) is 0 Å². The van der Waals surface area contributed by atoms with E-state index in [0.29, 0.717) is 12.3 Å². The molecule has 0 saturated carbocycles. The maximum absolute atomic E-state index is 11.8. The summed E-state index contributed by atoms with van der Waals surface area (Å²) >= 11 is 0. The predicted octanol–water partition coefficient (Wildman–Crippen LogP) is 0.476. The van der Waals surface area contributed by atoms with Gasteiger partial charge in [-0.05, 0) is 33.6 Å². The van der Waals surface area contributed by atoms with Crippen LogP contribution in [0.15, 0.2) is 24.3 Å². The van der Waals surface area contributed by atoms with E-state index in [1.165, 1.54) is 0 Å². The average molecular weight is 326 g/mol. The van der Waals surface area contributed by atoms with Gasteiger partial charge in [0.15, 0.2) is 0 Å². The lowest BCUT2D eigenvalue weighted by atomic mass is 9.96. The second-order valence-corrected chi connectivity index (χ2v) is 7.28. The lowest BCUT2D eigenvalue weighted by Gasteiger charge is -2.27. The Hall–Kier alpha value is -1.21. The fourth-order valence-electron chi connectivity index (χ4n) is 2.47. The van der Waals surface area contributed by atoms with Crippen LogP contribution in [0, 0.1) is 11.8 Å². The van der Waals surface area contributed by atoms with Gasteiger partial charge in [-0.1, -0.05) is 24.3 Å². The number of carbonyl (C=O) groups excluding carboxylic acids is 1. The summed E-state index contributed by atoms with van der Waals surface area (Å²) in [5, 5.41) is 17.5. The highest BCUT2D eigenvalue weighted by Crippen LogP contribution is 2.27. The molecule has 0 unspecified atom stereocenters. The van der Waals surface area contributed by atoms with Gasteiger partial charge in [0.2, 0.25) is 0 Å². The van der Waals surface area contributed by atoms with Gasteiger partial charge >= 0.3 is 5.97 Å². The normalized spacial score (nSPS) is 32.6. The summed E-state index contributed by atoms with van der Waals surface area (Å²) in [5.41, 5.74) is 9.80. The molecule has 0 bridgehead atoms. The second kappa shape index (κ2) is 8.06. The summed E-state index contributed by atoms with van der Waals surface area (Å²) in [6, 6.07) is 0.187. The van der Waals surface area contributed by atoms with Crippen LogP contribution < -0.4 is 11.5 Å². The number of esters is 1. The highest BCUT2D eigenvalue weighted by Gasteiger charge is 2.40. The van der Waals surface area contributed by atoms with Crippen molar-refractivity contribution in [2.24, 2.45) is 23.3 Å². The molecule has 2 rings (SSSR count). The molecule has 6 heteroatoms. The van der Waals surface area contributed by atoms with Crippen molar-refractivity contribution in [3.05, 3.63) is 24.3 Å². The molecular weight excluding hydrogens is 296 g/mol. The first-order valence-corrected chi connectivity index (χ1v) is 7.97. The second-order valence-electron chi connectivity index (χ2n) is 7.28. The summed E-state index contributed by atoms with van der Waals surface area (Å²) in [7, 11) is 0. The third-order valence-electron chi connectivity index (χ3n) is 3.72. The molecule has 132 valence electrons. The van der Waals surface area contributed by atoms with Gasteiger partial charge in [0, 0.05) is 31.1 Å². The molecule has 0 aromatic carbocycles. The predicted molar refractivity (Wildman–Crippen MR) is 89.4 cm³/mol. The van der Waals surface area contributed by atoms with Crippen LogP contribution in [-0.2, 0) is 9.53 Å². The van der Waals surface area contributed by atoms with Crippen LogP contribution in [0.1, 0.15) is 33.6 Å². The zero-order chi connectivity index (χ0) is 17.7. The molecule has 0 heterocycles. The van der Waals surface area contributed by atoms with E-state index in [0.717, 1.165) is 6.42 Å². The van der Waals surface area contributed by atoms with E-state index < -0.39 is 17.1 Å². The molecule has 2 aliphatic carbocycles. The van der Waals surface area contributed by atoms with Crippen LogP contribution in [0.2, 0.25) is 0 Å². The van der Waals surface area contributed by atoms with Crippen molar-refractivity contribution in [1.82, 2.24) is 0 Å². The van der Waals surface area contributed by atoms with Gasteiger partial charge in [0.25, 0.3) is 0 Å². The Bertz CT molecular complexity index is 456. The SMILES string of the molecule is CC(C)(C)OC(=O)[C@]1(N)C=C[C@@H](CO)C1.N[C@H]1C=C[C@@H](CO)C1. The maximum atomic E-state index is 11.8. The molecule has 0 radical (unpaired) electrons. The number of hydrogen-bond acceptors (Lipinski definition) is 6. The lowest BCUT2D eigenvalue weighted by molar-refractivity contribution is -0.159. The quantitative estimate of drug-likeness (QED) is 0.442. The monoisotopic (exact) mass is 326 g/mol. The van der Waals surface area contributed by atoms with Crippen LogP contribution in [0.4, 0.5) is 0 Å². The molecule has 2 aliphatic rings. The van der Waals surface area contributed by atoms with Crippen molar-refractivity contribution in [1.29, 1.82) is 0 Å². The molecule has 6 N–H and O–H groups in total. The average Bonchev–Trinajstić information content (AvgIpc) is 3.04. The van der Waals surface area contributed by atoms with Crippen molar-refractivity contribution in [3.63, 3.8) is 0 Å². The Labute approximate surface area is 138 Å². The molecule has 4 atom stereocenters. The summed E-state index contributed by atoms with van der Waals surface area (Å²) in [6.45, 7) is 5.66. The standard InChI is InChI=1S/C11H19NO3.C6H11NO/c1-10(2,3)15-9(14)11(12)5-4-8(6-11)7-13;7-6-2-1-5(3-6)4-8/h4-5,8,13H,6-7,12H2,1-3H3;1-2,5-6,8H,3-4,7H2/t8-,11+;5-,6+/m11/s1. The van der Waals surface area contributed by atoms with E-state index in [-0.39, 0.29) is 25.2 Å². The van der Waals surface area contributed by atoms with E-state index in [9.17, 15) is 4.79 Å². The molecule has 23 heavy (non-hydrogen) atoms. The molecule has 0 aromatic heterocycles. The van der Waals surface area contributed by atoms with Gasteiger partial charge in [0.05, 0.1) is 0 Å². The molecule has 0 aromatic rings. The summed E-state index contributed by atoms with van der Waals surface area (Å²) in [5.74, 6) is -0.144. The number of ether oxygens (including phenoxy) is 1. The van der Waals surface area contributed by atoms with Gasteiger partial charge in [0.1, 0.15) is 11.1 Å². The minimum Gasteiger partial charge on any atom is -0.458 e. The number of nitrogens with two attached hydrogens (primary N) is 2. The molecule has 0 saturated heterocycles. The molecule has 0 aliphatic heterocycles. The zero-order valence-corrected chi connectivity index (χ0v) is 14.2. The topological polar surface area (TPSA) is 119 Å². The van der Waals surface area contributed by atoms with Gasteiger partial charge in [-0.3, -0.25) is 0 Å². The highest BCUT2D eigenvalue weighted by atomic mass is 16.6. The van der Waals surface area contributed by atoms with Crippen LogP contribution in [0.5, 0.6) is 0 Å². The summed E-state index contributed by atoms with van der Waals surface area (Å²) in [6.07, 6.45) is 8.65. The van der Waals surface area contributed by atoms with Gasteiger partial charge in [-0.15, -0.1) is 0 Å². The van der Waals surface area contributed by atoms with Crippen molar-refractivity contribution in [2.75, 3.05) is 13.2 Å². The number of aliphatic hydroxyl groups is 2. The fraction of sp³-hybridized carbons (Fsp3) is 0.706. The molecule has 0 fully saturated rings. The molecule has 0 spiro atoms. The third kappa shape index (κ3) is 6.43. The fourth-order valence-corrected chi connectivity index (χ4v) is 2.47. The largest absolute Gasteiger partial charge is 0.458 e. The summed E-state index contributed by atoms with van der Waals surface area (Å²) in [4.78, 5) is 11.8. The number of carbonyl (C=O) groups is 1. The van der Waals surface area contributed by atoms with E-state index in [1.807, 2.05) is 12.2 Å². The summed E-state index contributed by atoms with van der Waals surface area (Å²) < 4.78 is 5.22. The minimum atomic E-state index is -1.07. The van der Waals surface area contributed by atoms with Gasteiger partial charge < -0.3 is 26.4 Å². The molecule has 6 nitrogen and oxygen atoms in total. The van der Waals surface area contributed by atoms with Crippen molar-refractivity contribution in [3.8, 4) is 0 Å². The number of hydrogen-bond donors (Lipinski definition) is 4. The lowest BCUT2D eigenvalue weighted by Crippen LogP contribution is -2.48. The van der Waals surface area contributed by atoms with E-state index >= 15 is 0 Å². The van der Waals surface area contributed by atoms with E-state index in [4.69, 9.17) is 26.4 Å². The smallest absolute Gasteiger partial charge is 0.330 e. The van der Waals surface area contributed by atoms with Crippen molar-refractivity contribution >= 4 is 5.97 Å². The van der Waals surface area contributed by atoms with Crippen LogP contribution in [0.25, 0.3) is 0 Å². The number of rotatable bonds is 3. The molecular formula is C17H30N2O4. The van der Waals surface area contributed by atoms with Crippen molar-refractivity contribution < 1.29 is 19.7 Å².